The molecule has 0 atom stereocenters. The van der Waals surface area contributed by atoms with Crippen molar-refractivity contribution in [3.8, 4) is 0 Å². The second-order valence-corrected chi connectivity index (χ2v) is 7.46. The van der Waals surface area contributed by atoms with E-state index in [0.717, 1.165) is 12.3 Å². The van der Waals surface area contributed by atoms with Gasteiger partial charge in [0.1, 0.15) is 12.1 Å². The zero-order valence-electron chi connectivity index (χ0n) is 14.7. The molecule has 0 fully saturated rings. The first-order valence-corrected chi connectivity index (χ1v) is 9.10. The van der Waals surface area contributed by atoms with Crippen LogP contribution in [0.5, 0.6) is 0 Å². The van der Waals surface area contributed by atoms with Crippen molar-refractivity contribution >= 4 is 21.6 Å². The van der Waals surface area contributed by atoms with Gasteiger partial charge in [0, 0.05) is 18.9 Å². The van der Waals surface area contributed by atoms with Gasteiger partial charge >= 0.3 is 6.18 Å². The molecule has 1 aromatic heterocycles. The summed E-state index contributed by atoms with van der Waals surface area (Å²) in [5.41, 5.74) is -2.52. The molecule has 0 unspecified atom stereocenters. The van der Waals surface area contributed by atoms with Crippen molar-refractivity contribution < 1.29 is 31.2 Å². The van der Waals surface area contributed by atoms with Crippen molar-refractivity contribution in [3.63, 3.8) is 0 Å². The van der Waals surface area contributed by atoms with E-state index in [2.05, 4.69) is 10.2 Å². The van der Waals surface area contributed by atoms with Gasteiger partial charge in [-0.25, -0.2) is 8.42 Å². The number of carbonyl (C=O) groups is 1. The molecule has 0 aliphatic rings. The third kappa shape index (κ3) is 4.77. The van der Waals surface area contributed by atoms with E-state index in [1.54, 1.807) is 0 Å². The first kappa shape index (κ1) is 21.6. The van der Waals surface area contributed by atoms with Gasteiger partial charge in [-0.3, -0.25) is 14.4 Å². The number of alkyl halides is 3. The maximum Gasteiger partial charge on any atom is 0.421 e. The summed E-state index contributed by atoms with van der Waals surface area (Å²) < 4.78 is 63.7. The van der Waals surface area contributed by atoms with Gasteiger partial charge in [-0.05, 0) is 36.4 Å². The molecule has 0 aliphatic carbocycles. The fraction of sp³-hybridized carbons (Fsp3) is 0.250. The number of hydrogen-bond donors (Lipinski definition) is 1. The van der Waals surface area contributed by atoms with Gasteiger partial charge < -0.3 is 9.88 Å². The molecule has 1 amide bonds. The topological polar surface area (TPSA) is 97.7 Å². The maximum absolute atomic E-state index is 12.8. The van der Waals surface area contributed by atoms with Crippen LogP contribution in [0.25, 0.3) is 0 Å². The average Bonchev–Trinajstić information content (AvgIpc) is 2.62. The number of nitrogens with zero attached hydrogens (tertiary/aromatic N) is 2. The molecule has 0 aliphatic heterocycles. The number of amides is 1. The van der Waals surface area contributed by atoms with Crippen molar-refractivity contribution in [3.05, 3.63) is 58.5 Å². The van der Waals surface area contributed by atoms with E-state index in [1.165, 1.54) is 38.4 Å². The number of pyridine rings is 1. The van der Waals surface area contributed by atoms with Gasteiger partial charge in [0.2, 0.25) is 5.91 Å². The van der Waals surface area contributed by atoms with Crippen molar-refractivity contribution in [2.24, 2.45) is 0 Å². The van der Waals surface area contributed by atoms with Gasteiger partial charge in [-0.2, -0.15) is 13.2 Å². The first-order chi connectivity index (χ1) is 13.0. The van der Waals surface area contributed by atoms with Crippen LogP contribution in [0.1, 0.15) is 5.56 Å². The SMILES string of the molecule is CON(C)S(=O)(=O)c1ccc(NC(=O)Cn2cccc(C(F)(F)F)c2=O)cc1. The van der Waals surface area contributed by atoms with Crippen molar-refractivity contribution in [1.29, 1.82) is 0 Å². The lowest BCUT2D eigenvalue weighted by Gasteiger charge is -2.14. The molecule has 8 nitrogen and oxygen atoms in total. The highest BCUT2D eigenvalue weighted by Crippen LogP contribution is 2.26. The van der Waals surface area contributed by atoms with Gasteiger partial charge in [0.05, 0.1) is 12.0 Å². The number of hydroxylamine groups is 1. The Morgan fingerprint density at radius 1 is 1.21 bits per heavy atom. The van der Waals surface area contributed by atoms with Crippen LogP contribution < -0.4 is 10.9 Å². The average molecular weight is 419 g/mol. The molecular formula is C16H16F3N3O5S. The molecule has 152 valence electrons. The van der Waals surface area contributed by atoms with E-state index in [9.17, 15) is 31.2 Å². The number of sulfonamides is 1. The van der Waals surface area contributed by atoms with Crippen LogP contribution in [0.3, 0.4) is 0 Å². The van der Waals surface area contributed by atoms with Crippen LogP contribution >= 0.6 is 0 Å². The monoisotopic (exact) mass is 419 g/mol. The molecule has 0 saturated heterocycles. The summed E-state index contributed by atoms with van der Waals surface area (Å²) >= 11 is 0. The summed E-state index contributed by atoms with van der Waals surface area (Å²) in [4.78, 5) is 28.4. The van der Waals surface area contributed by atoms with E-state index in [4.69, 9.17) is 0 Å². The van der Waals surface area contributed by atoms with Gasteiger partial charge in [0.25, 0.3) is 15.6 Å². The summed E-state index contributed by atoms with van der Waals surface area (Å²) in [6.45, 7) is -0.644. The number of carbonyl (C=O) groups excluding carboxylic acids is 1. The van der Waals surface area contributed by atoms with Crippen molar-refractivity contribution in [2.45, 2.75) is 17.6 Å². The Bertz CT molecular complexity index is 1020. The standard InChI is InChI=1S/C16H16F3N3O5S/c1-21(27-2)28(25,26)12-7-5-11(6-8-12)20-14(23)10-22-9-3-4-13(15(22)24)16(17,18)19/h3-9H,10H2,1-2H3,(H,20,23). The van der Waals surface area contributed by atoms with E-state index in [0.29, 0.717) is 15.1 Å². The second-order valence-electron chi connectivity index (χ2n) is 5.52. The largest absolute Gasteiger partial charge is 0.421 e. The van der Waals surface area contributed by atoms with Crippen LogP contribution in [0.15, 0.2) is 52.3 Å². The lowest BCUT2D eigenvalue weighted by molar-refractivity contribution is -0.139. The molecule has 0 bridgehead atoms. The predicted molar refractivity (Wildman–Crippen MR) is 92.7 cm³/mol. The lowest BCUT2D eigenvalue weighted by Crippen LogP contribution is -2.32. The Labute approximate surface area is 158 Å². The number of rotatable bonds is 6. The van der Waals surface area contributed by atoms with Crippen molar-refractivity contribution in [2.75, 3.05) is 19.5 Å². The second kappa shape index (κ2) is 8.12. The molecule has 12 heteroatoms. The molecule has 1 aromatic carbocycles. The van der Waals surface area contributed by atoms with E-state index in [1.807, 2.05) is 0 Å². The Hall–Kier alpha value is -2.70. The summed E-state index contributed by atoms with van der Waals surface area (Å²) in [6, 6.07) is 6.68. The quantitative estimate of drug-likeness (QED) is 0.719. The minimum Gasteiger partial charge on any atom is -0.325 e. The van der Waals surface area contributed by atoms with Gasteiger partial charge in [-0.15, -0.1) is 0 Å². The van der Waals surface area contributed by atoms with Crippen LogP contribution in [0, 0.1) is 0 Å². The molecule has 0 radical (unpaired) electrons. The Balaban J connectivity index is 2.14. The third-order valence-electron chi connectivity index (χ3n) is 3.67. The molecule has 2 aromatic rings. The fourth-order valence-corrected chi connectivity index (χ4v) is 3.16. The van der Waals surface area contributed by atoms with Crippen LogP contribution in [0.2, 0.25) is 0 Å². The predicted octanol–water partition coefficient (Wildman–Crippen LogP) is 1.69. The lowest BCUT2D eigenvalue weighted by atomic mass is 10.2. The summed E-state index contributed by atoms with van der Waals surface area (Å²) in [7, 11) is -1.47. The molecule has 1 N–H and O–H groups in total. The molecule has 0 saturated carbocycles. The first-order valence-electron chi connectivity index (χ1n) is 7.66. The highest BCUT2D eigenvalue weighted by Gasteiger charge is 2.34. The number of benzene rings is 1. The minimum absolute atomic E-state index is 0.0936. The van der Waals surface area contributed by atoms with Crippen molar-refractivity contribution in [1.82, 2.24) is 9.04 Å². The molecule has 2 rings (SSSR count). The normalized spacial score (nSPS) is 12.2. The Kier molecular flexibility index (Phi) is 6.27. The molecular weight excluding hydrogens is 403 g/mol. The van der Waals surface area contributed by atoms with Crippen LogP contribution in [0.4, 0.5) is 18.9 Å². The van der Waals surface area contributed by atoms with Crippen LogP contribution in [-0.2, 0) is 32.4 Å². The zero-order valence-corrected chi connectivity index (χ0v) is 15.5. The number of nitrogens with one attached hydrogen (secondary N) is 1. The molecule has 0 spiro atoms. The summed E-state index contributed by atoms with van der Waals surface area (Å²) in [5.74, 6) is -0.758. The summed E-state index contributed by atoms with van der Waals surface area (Å²) in [6.07, 6.45) is -3.76. The van der Waals surface area contributed by atoms with E-state index >= 15 is 0 Å². The molecule has 1 heterocycles. The highest BCUT2D eigenvalue weighted by molar-refractivity contribution is 7.89. The van der Waals surface area contributed by atoms with E-state index < -0.39 is 39.8 Å². The number of anilines is 1. The molecule has 28 heavy (non-hydrogen) atoms. The number of aromatic nitrogens is 1. The Morgan fingerprint density at radius 2 is 1.82 bits per heavy atom. The fourth-order valence-electron chi connectivity index (χ4n) is 2.19. The minimum atomic E-state index is -4.83. The third-order valence-corrected chi connectivity index (χ3v) is 5.36. The maximum atomic E-state index is 12.8. The van der Waals surface area contributed by atoms with Gasteiger partial charge in [0.15, 0.2) is 0 Å². The zero-order chi connectivity index (χ0) is 21.1. The number of hydrogen-bond acceptors (Lipinski definition) is 5. The van der Waals surface area contributed by atoms with Gasteiger partial charge in [-0.1, -0.05) is 4.47 Å². The van der Waals surface area contributed by atoms with Crippen LogP contribution in [-0.4, -0.2) is 37.5 Å². The van der Waals surface area contributed by atoms with E-state index in [-0.39, 0.29) is 10.6 Å². The Morgan fingerprint density at radius 3 is 2.36 bits per heavy atom. The smallest absolute Gasteiger partial charge is 0.325 e. The number of halogens is 3. The summed E-state index contributed by atoms with van der Waals surface area (Å²) in [5, 5.41) is 2.38. The highest BCUT2D eigenvalue weighted by atomic mass is 32.2.